The van der Waals surface area contributed by atoms with Gasteiger partial charge in [0.15, 0.2) is 0 Å². The van der Waals surface area contributed by atoms with Crippen molar-refractivity contribution in [2.24, 2.45) is 0 Å². The third-order valence-corrected chi connectivity index (χ3v) is 3.56. The van der Waals surface area contributed by atoms with E-state index in [-0.39, 0.29) is 11.9 Å². The molecule has 0 aromatic carbocycles. The third-order valence-electron chi connectivity index (χ3n) is 2.93. The Morgan fingerprint density at radius 2 is 2.24 bits per heavy atom. The summed E-state index contributed by atoms with van der Waals surface area (Å²) in [5.41, 5.74) is 0.903. The van der Waals surface area contributed by atoms with Crippen LogP contribution in [0.4, 0.5) is 5.69 Å². The van der Waals surface area contributed by atoms with Crippen LogP contribution in [0, 0.1) is 0 Å². The highest BCUT2D eigenvalue weighted by Crippen LogP contribution is 2.21. The summed E-state index contributed by atoms with van der Waals surface area (Å²) >= 11 is 3.41. The fourth-order valence-electron chi connectivity index (χ4n) is 2.00. The fourth-order valence-corrected chi connectivity index (χ4v) is 2.36. The van der Waals surface area contributed by atoms with Crippen molar-refractivity contribution in [3.63, 3.8) is 0 Å². The molecular weight excluding hydrogens is 282 g/mol. The molecule has 5 heteroatoms. The molecule has 92 valence electrons. The van der Waals surface area contributed by atoms with Gasteiger partial charge in [-0.05, 0) is 41.8 Å². The Morgan fingerprint density at radius 1 is 1.53 bits per heavy atom. The predicted octanol–water partition coefficient (Wildman–Crippen LogP) is 2.27. The Bertz CT molecular complexity index is 404. The van der Waals surface area contributed by atoms with Crippen LogP contribution in [0.25, 0.3) is 0 Å². The SMILES string of the molecule is CC(Nc1ccncc1Br)C(=O)N1CCCC1. The number of rotatable bonds is 3. The van der Waals surface area contributed by atoms with Gasteiger partial charge in [-0.2, -0.15) is 0 Å². The van der Waals surface area contributed by atoms with E-state index in [0.29, 0.717) is 0 Å². The van der Waals surface area contributed by atoms with Crippen LogP contribution in [0.5, 0.6) is 0 Å². The lowest BCUT2D eigenvalue weighted by Gasteiger charge is -2.22. The minimum absolute atomic E-state index is 0.172. The second kappa shape index (κ2) is 5.49. The van der Waals surface area contributed by atoms with Crippen LogP contribution in [0.2, 0.25) is 0 Å². The lowest BCUT2D eigenvalue weighted by Crippen LogP contribution is -2.39. The molecule has 1 aliphatic heterocycles. The van der Waals surface area contributed by atoms with Crippen molar-refractivity contribution in [1.82, 2.24) is 9.88 Å². The van der Waals surface area contributed by atoms with E-state index in [0.717, 1.165) is 36.1 Å². The van der Waals surface area contributed by atoms with E-state index < -0.39 is 0 Å². The second-order valence-corrected chi connectivity index (χ2v) is 5.11. The van der Waals surface area contributed by atoms with Gasteiger partial charge < -0.3 is 10.2 Å². The van der Waals surface area contributed by atoms with E-state index in [9.17, 15) is 4.79 Å². The Kier molecular flexibility index (Phi) is 3.99. The number of amides is 1. The summed E-state index contributed by atoms with van der Waals surface area (Å²) in [6, 6.07) is 1.66. The van der Waals surface area contributed by atoms with Gasteiger partial charge in [0.2, 0.25) is 5.91 Å². The van der Waals surface area contributed by atoms with Crippen molar-refractivity contribution in [1.29, 1.82) is 0 Å². The van der Waals surface area contributed by atoms with Crippen molar-refractivity contribution in [2.45, 2.75) is 25.8 Å². The normalized spacial score (nSPS) is 16.9. The van der Waals surface area contributed by atoms with Crippen LogP contribution in [0.1, 0.15) is 19.8 Å². The van der Waals surface area contributed by atoms with Gasteiger partial charge in [0, 0.05) is 25.5 Å². The first kappa shape index (κ1) is 12.4. The van der Waals surface area contributed by atoms with Gasteiger partial charge >= 0.3 is 0 Å². The summed E-state index contributed by atoms with van der Waals surface area (Å²) in [6.45, 7) is 3.68. The summed E-state index contributed by atoms with van der Waals surface area (Å²) in [5.74, 6) is 0.172. The van der Waals surface area contributed by atoms with E-state index in [2.05, 4.69) is 26.2 Å². The van der Waals surface area contributed by atoms with E-state index in [1.807, 2.05) is 17.9 Å². The van der Waals surface area contributed by atoms with Gasteiger partial charge in [0.1, 0.15) is 6.04 Å². The molecule has 1 amide bonds. The minimum atomic E-state index is -0.202. The highest BCUT2D eigenvalue weighted by Gasteiger charge is 2.23. The minimum Gasteiger partial charge on any atom is -0.373 e. The van der Waals surface area contributed by atoms with Crippen LogP contribution >= 0.6 is 15.9 Å². The van der Waals surface area contributed by atoms with E-state index in [1.165, 1.54) is 0 Å². The zero-order valence-electron chi connectivity index (χ0n) is 9.82. The molecular formula is C12H16BrN3O. The molecule has 1 aromatic rings. The maximum atomic E-state index is 12.1. The van der Waals surface area contributed by atoms with Crippen LogP contribution < -0.4 is 5.32 Å². The maximum Gasteiger partial charge on any atom is 0.244 e. The number of carbonyl (C=O) groups is 1. The molecule has 1 unspecified atom stereocenters. The molecule has 0 aliphatic carbocycles. The summed E-state index contributed by atoms with van der Waals surface area (Å²) in [6.07, 6.45) is 5.67. The number of likely N-dealkylation sites (tertiary alicyclic amines) is 1. The zero-order chi connectivity index (χ0) is 12.3. The molecule has 0 bridgehead atoms. The smallest absolute Gasteiger partial charge is 0.244 e. The number of nitrogens with one attached hydrogen (secondary N) is 1. The first-order valence-electron chi connectivity index (χ1n) is 5.83. The van der Waals surface area contributed by atoms with Gasteiger partial charge in [-0.1, -0.05) is 0 Å². The number of halogens is 1. The van der Waals surface area contributed by atoms with Gasteiger partial charge in [0.25, 0.3) is 0 Å². The van der Waals surface area contributed by atoms with Crippen molar-refractivity contribution < 1.29 is 4.79 Å². The second-order valence-electron chi connectivity index (χ2n) is 4.25. The molecule has 0 spiro atoms. The number of carbonyl (C=O) groups excluding carboxylic acids is 1. The largest absolute Gasteiger partial charge is 0.373 e. The molecule has 1 N–H and O–H groups in total. The van der Waals surface area contributed by atoms with Crippen LogP contribution in [-0.4, -0.2) is 34.9 Å². The Balaban J connectivity index is 1.99. The quantitative estimate of drug-likeness (QED) is 0.931. The summed E-state index contributed by atoms with van der Waals surface area (Å²) in [7, 11) is 0. The van der Waals surface area contributed by atoms with Gasteiger partial charge in [-0.3, -0.25) is 9.78 Å². The summed E-state index contributed by atoms with van der Waals surface area (Å²) in [4.78, 5) is 18.0. The predicted molar refractivity (Wildman–Crippen MR) is 70.8 cm³/mol. The maximum absolute atomic E-state index is 12.1. The van der Waals surface area contributed by atoms with Crippen molar-refractivity contribution in [2.75, 3.05) is 18.4 Å². The van der Waals surface area contributed by atoms with Gasteiger partial charge in [0.05, 0.1) is 10.2 Å². The number of hydrogen-bond acceptors (Lipinski definition) is 3. The highest BCUT2D eigenvalue weighted by molar-refractivity contribution is 9.10. The fraction of sp³-hybridized carbons (Fsp3) is 0.500. The van der Waals surface area contributed by atoms with Crippen molar-refractivity contribution in [3.8, 4) is 0 Å². The van der Waals surface area contributed by atoms with Gasteiger partial charge in [-0.15, -0.1) is 0 Å². The first-order chi connectivity index (χ1) is 8.18. The Hall–Kier alpha value is -1.10. The zero-order valence-corrected chi connectivity index (χ0v) is 11.4. The summed E-state index contributed by atoms with van der Waals surface area (Å²) in [5, 5.41) is 3.21. The van der Waals surface area contributed by atoms with Crippen LogP contribution in [0.15, 0.2) is 22.9 Å². The molecule has 0 radical (unpaired) electrons. The monoisotopic (exact) mass is 297 g/mol. The molecule has 1 fully saturated rings. The summed E-state index contributed by atoms with van der Waals surface area (Å²) < 4.78 is 0.876. The highest BCUT2D eigenvalue weighted by atomic mass is 79.9. The Labute approximate surface area is 110 Å². The van der Waals surface area contributed by atoms with E-state index in [1.54, 1.807) is 12.4 Å². The molecule has 1 atom stereocenters. The lowest BCUT2D eigenvalue weighted by atomic mass is 10.2. The number of aromatic nitrogens is 1. The molecule has 1 saturated heterocycles. The average Bonchev–Trinajstić information content (AvgIpc) is 2.84. The standard InChI is InChI=1S/C12H16BrN3O/c1-9(12(17)16-6-2-3-7-16)15-11-4-5-14-8-10(11)13/h4-5,8-9H,2-3,6-7H2,1H3,(H,14,15). The Morgan fingerprint density at radius 3 is 2.88 bits per heavy atom. The van der Waals surface area contributed by atoms with Crippen molar-refractivity contribution in [3.05, 3.63) is 22.9 Å². The number of anilines is 1. The lowest BCUT2D eigenvalue weighted by molar-refractivity contribution is -0.130. The van der Waals surface area contributed by atoms with E-state index >= 15 is 0 Å². The number of hydrogen-bond donors (Lipinski definition) is 1. The van der Waals surface area contributed by atoms with E-state index in [4.69, 9.17) is 0 Å². The number of nitrogens with zero attached hydrogens (tertiary/aromatic N) is 2. The van der Waals surface area contributed by atoms with Crippen LogP contribution in [0.3, 0.4) is 0 Å². The molecule has 1 aliphatic rings. The molecule has 4 nitrogen and oxygen atoms in total. The molecule has 17 heavy (non-hydrogen) atoms. The molecule has 2 heterocycles. The topological polar surface area (TPSA) is 45.2 Å². The van der Waals surface area contributed by atoms with Crippen LogP contribution in [-0.2, 0) is 4.79 Å². The van der Waals surface area contributed by atoms with Crippen molar-refractivity contribution >= 4 is 27.5 Å². The molecule has 0 saturated carbocycles. The first-order valence-corrected chi connectivity index (χ1v) is 6.62. The molecule has 1 aromatic heterocycles. The van der Waals surface area contributed by atoms with Gasteiger partial charge in [-0.25, -0.2) is 0 Å². The third kappa shape index (κ3) is 2.97. The average molecular weight is 298 g/mol. The molecule has 2 rings (SSSR count). The number of pyridine rings is 1.